The number of nitrogens with two attached hydrogens (primary N) is 1. The Kier molecular flexibility index (Phi) is 4.37. The number of halogens is 2. The second-order valence-electron chi connectivity index (χ2n) is 4.94. The smallest absolute Gasteiger partial charge is 0.308 e. The number of benzene rings is 2. The fourth-order valence-corrected chi connectivity index (χ4v) is 2.46. The third kappa shape index (κ3) is 3.04. The molecule has 0 atom stereocenters. The van der Waals surface area contributed by atoms with E-state index in [1.807, 2.05) is 0 Å². The standard InChI is InChI=1S/C16H13ClFN3O3/c1-8(22)23-12-6-5-11-15(13(12)18)24-16(20-11)21-14-9(7-19)3-2-4-10(14)17/h2-6H,7,19H2,1H3,(H,20,21). The van der Waals surface area contributed by atoms with Crippen LogP contribution in [0.2, 0.25) is 5.02 Å². The fourth-order valence-electron chi connectivity index (χ4n) is 2.21. The van der Waals surface area contributed by atoms with Gasteiger partial charge in [-0.1, -0.05) is 23.7 Å². The Morgan fingerprint density at radius 3 is 2.92 bits per heavy atom. The summed E-state index contributed by atoms with van der Waals surface area (Å²) in [6.45, 7) is 1.44. The zero-order valence-electron chi connectivity index (χ0n) is 12.6. The Labute approximate surface area is 141 Å². The molecule has 1 heterocycles. The van der Waals surface area contributed by atoms with Gasteiger partial charge in [-0.2, -0.15) is 9.37 Å². The van der Waals surface area contributed by atoms with E-state index in [0.717, 1.165) is 5.56 Å². The third-order valence-electron chi connectivity index (χ3n) is 3.27. The molecule has 2 aromatic carbocycles. The first-order valence-electron chi connectivity index (χ1n) is 7.01. The molecule has 0 aliphatic rings. The predicted octanol–water partition coefficient (Wildman–Crippen LogP) is 3.75. The van der Waals surface area contributed by atoms with Gasteiger partial charge in [0.15, 0.2) is 11.3 Å². The first kappa shape index (κ1) is 16.2. The number of anilines is 2. The molecule has 6 nitrogen and oxygen atoms in total. The maximum atomic E-state index is 14.3. The number of hydrogen-bond acceptors (Lipinski definition) is 6. The molecule has 24 heavy (non-hydrogen) atoms. The van der Waals surface area contributed by atoms with E-state index in [9.17, 15) is 9.18 Å². The summed E-state index contributed by atoms with van der Waals surface area (Å²) in [5.74, 6) is -1.66. The summed E-state index contributed by atoms with van der Waals surface area (Å²) < 4.78 is 24.5. The van der Waals surface area contributed by atoms with E-state index >= 15 is 0 Å². The average molecular weight is 350 g/mol. The molecule has 0 saturated carbocycles. The molecule has 0 saturated heterocycles. The maximum absolute atomic E-state index is 14.3. The lowest BCUT2D eigenvalue weighted by Gasteiger charge is -2.09. The minimum Gasteiger partial charge on any atom is -0.423 e. The van der Waals surface area contributed by atoms with Crippen molar-refractivity contribution in [3.05, 3.63) is 46.7 Å². The summed E-state index contributed by atoms with van der Waals surface area (Å²) in [5, 5.41) is 3.34. The number of ether oxygens (including phenoxy) is 1. The SMILES string of the molecule is CC(=O)Oc1ccc2nc(Nc3c(Cl)cccc3CN)oc2c1F. The van der Waals surface area contributed by atoms with Crippen molar-refractivity contribution in [1.29, 1.82) is 0 Å². The maximum Gasteiger partial charge on any atom is 0.308 e. The number of fused-ring (bicyclic) bond motifs is 1. The Bertz CT molecular complexity index is 926. The largest absolute Gasteiger partial charge is 0.423 e. The molecule has 0 aliphatic carbocycles. The van der Waals surface area contributed by atoms with Crippen molar-refractivity contribution in [2.24, 2.45) is 5.73 Å². The van der Waals surface area contributed by atoms with Crippen LogP contribution >= 0.6 is 11.6 Å². The van der Waals surface area contributed by atoms with Gasteiger partial charge in [0, 0.05) is 13.5 Å². The minimum atomic E-state index is -0.804. The van der Waals surface area contributed by atoms with Crippen LogP contribution in [0.5, 0.6) is 5.75 Å². The Morgan fingerprint density at radius 1 is 1.42 bits per heavy atom. The zero-order chi connectivity index (χ0) is 17.3. The van der Waals surface area contributed by atoms with Gasteiger partial charge in [0.05, 0.1) is 10.7 Å². The molecule has 0 spiro atoms. The van der Waals surface area contributed by atoms with E-state index in [-0.39, 0.29) is 29.4 Å². The summed E-state index contributed by atoms with van der Waals surface area (Å²) in [6.07, 6.45) is 0. The van der Waals surface area contributed by atoms with Crippen molar-refractivity contribution in [2.45, 2.75) is 13.5 Å². The number of carbonyl (C=O) groups excluding carboxylic acids is 1. The van der Waals surface area contributed by atoms with Gasteiger partial charge in [0.1, 0.15) is 5.52 Å². The quantitative estimate of drug-likeness (QED) is 0.550. The van der Waals surface area contributed by atoms with Crippen molar-refractivity contribution >= 4 is 40.4 Å². The Balaban J connectivity index is 2.00. The van der Waals surface area contributed by atoms with Gasteiger partial charge in [-0.3, -0.25) is 4.79 Å². The number of para-hydroxylation sites is 1. The topological polar surface area (TPSA) is 90.4 Å². The molecular formula is C16H13ClFN3O3. The molecule has 0 radical (unpaired) electrons. The molecule has 1 aromatic heterocycles. The Morgan fingerprint density at radius 2 is 2.21 bits per heavy atom. The van der Waals surface area contributed by atoms with Gasteiger partial charge in [0.2, 0.25) is 5.82 Å². The van der Waals surface area contributed by atoms with Crippen molar-refractivity contribution in [1.82, 2.24) is 4.98 Å². The summed E-state index contributed by atoms with van der Waals surface area (Å²) in [4.78, 5) is 15.1. The molecule has 0 aliphatic heterocycles. The van der Waals surface area contributed by atoms with Crippen molar-refractivity contribution in [3.63, 3.8) is 0 Å². The van der Waals surface area contributed by atoms with Crippen LogP contribution in [0.25, 0.3) is 11.1 Å². The predicted molar refractivity (Wildman–Crippen MR) is 87.9 cm³/mol. The molecule has 0 amide bonds. The van der Waals surface area contributed by atoms with Crippen LogP contribution in [0.3, 0.4) is 0 Å². The first-order valence-corrected chi connectivity index (χ1v) is 7.39. The lowest BCUT2D eigenvalue weighted by molar-refractivity contribution is -0.132. The monoisotopic (exact) mass is 349 g/mol. The first-order chi connectivity index (χ1) is 11.5. The van der Waals surface area contributed by atoms with Crippen LogP contribution in [0, 0.1) is 5.82 Å². The van der Waals surface area contributed by atoms with E-state index in [1.54, 1.807) is 18.2 Å². The summed E-state index contributed by atoms with van der Waals surface area (Å²) in [6, 6.07) is 8.11. The second-order valence-corrected chi connectivity index (χ2v) is 5.35. The highest BCUT2D eigenvalue weighted by Crippen LogP contribution is 2.32. The molecule has 3 aromatic rings. The van der Waals surface area contributed by atoms with Crippen LogP contribution in [0.4, 0.5) is 16.1 Å². The Hall–Kier alpha value is -2.64. The van der Waals surface area contributed by atoms with E-state index in [4.69, 9.17) is 26.5 Å². The normalized spacial score (nSPS) is 10.8. The van der Waals surface area contributed by atoms with Gasteiger partial charge >= 0.3 is 5.97 Å². The van der Waals surface area contributed by atoms with E-state index < -0.39 is 11.8 Å². The third-order valence-corrected chi connectivity index (χ3v) is 3.58. The second kappa shape index (κ2) is 6.46. The fraction of sp³-hybridized carbons (Fsp3) is 0.125. The highest BCUT2D eigenvalue weighted by molar-refractivity contribution is 6.33. The minimum absolute atomic E-state index is 0.0478. The van der Waals surface area contributed by atoms with Crippen LogP contribution in [0.15, 0.2) is 34.7 Å². The van der Waals surface area contributed by atoms with Crippen LogP contribution in [0.1, 0.15) is 12.5 Å². The summed E-state index contributed by atoms with van der Waals surface area (Å²) in [5.41, 5.74) is 7.12. The molecular weight excluding hydrogens is 337 g/mol. The number of oxazole rings is 1. The summed E-state index contributed by atoms with van der Waals surface area (Å²) >= 11 is 6.15. The van der Waals surface area contributed by atoms with Gasteiger partial charge < -0.3 is 20.2 Å². The van der Waals surface area contributed by atoms with Crippen molar-refractivity contribution in [3.8, 4) is 5.75 Å². The molecule has 0 bridgehead atoms. The number of nitrogens with one attached hydrogen (secondary N) is 1. The molecule has 124 valence electrons. The van der Waals surface area contributed by atoms with Gasteiger partial charge in [-0.25, -0.2) is 0 Å². The van der Waals surface area contributed by atoms with Crippen molar-refractivity contribution in [2.75, 3.05) is 5.32 Å². The van der Waals surface area contributed by atoms with E-state index in [2.05, 4.69) is 10.3 Å². The van der Waals surface area contributed by atoms with Gasteiger partial charge in [0.25, 0.3) is 6.01 Å². The van der Waals surface area contributed by atoms with Crippen molar-refractivity contribution < 1.29 is 18.3 Å². The molecule has 0 unspecified atom stereocenters. The van der Waals surface area contributed by atoms with E-state index in [0.29, 0.717) is 10.7 Å². The number of aromatic nitrogens is 1. The van der Waals surface area contributed by atoms with Crippen LogP contribution in [-0.4, -0.2) is 11.0 Å². The summed E-state index contributed by atoms with van der Waals surface area (Å²) in [7, 11) is 0. The number of rotatable bonds is 4. The van der Waals surface area contributed by atoms with Gasteiger partial charge in [-0.15, -0.1) is 0 Å². The number of carbonyl (C=O) groups is 1. The molecule has 8 heteroatoms. The van der Waals surface area contributed by atoms with Crippen LogP contribution < -0.4 is 15.8 Å². The number of nitrogens with zero attached hydrogens (tertiary/aromatic N) is 1. The number of hydrogen-bond donors (Lipinski definition) is 2. The average Bonchev–Trinajstić information content (AvgIpc) is 2.95. The van der Waals surface area contributed by atoms with Gasteiger partial charge in [-0.05, 0) is 23.8 Å². The molecule has 3 N–H and O–H groups in total. The van der Waals surface area contributed by atoms with Crippen LogP contribution in [-0.2, 0) is 11.3 Å². The molecule has 3 rings (SSSR count). The molecule has 0 fully saturated rings. The lowest BCUT2D eigenvalue weighted by Crippen LogP contribution is -2.03. The lowest BCUT2D eigenvalue weighted by atomic mass is 10.2. The van der Waals surface area contributed by atoms with E-state index in [1.165, 1.54) is 19.1 Å². The number of esters is 1. The zero-order valence-corrected chi connectivity index (χ0v) is 13.4. The highest BCUT2D eigenvalue weighted by Gasteiger charge is 2.17. The highest BCUT2D eigenvalue weighted by atomic mass is 35.5.